The number of anilines is 1. The van der Waals surface area contributed by atoms with Crippen molar-refractivity contribution >= 4 is 11.6 Å². The van der Waals surface area contributed by atoms with Crippen LogP contribution in [0, 0.1) is 0 Å². The van der Waals surface area contributed by atoms with Gasteiger partial charge in [0.25, 0.3) is 0 Å². The highest BCUT2D eigenvalue weighted by molar-refractivity contribution is 5.79. The molecule has 31 heavy (non-hydrogen) atoms. The third kappa shape index (κ3) is 5.77. The van der Waals surface area contributed by atoms with Crippen molar-refractivity contribution in [2.75, 3.05) is 51.8 Å². The molecule has 0 saturated carbocycles. The van der Waals surface area contributed by atoms with E-state index in [1.807, 2.05) is 7.05 Å². The number of morpholine rings is 1. The normalized spacial score (nSPS) is 17.4. The van der Waals surface area contributed by atoms with Gasteiger partial charge in [0, 0.05) is 59.1 Å². The molecule has 2 N–H and O–H groups in total. The van der Waals surface area contributed by atoms with E-state index >= 15 is 0 Å². The number of hydrogen-bond donors (Lipinski definition) is 2. The Morgan fingerprint density at radius 2 is 1.77 bits per heavy atom. The second-order valence-electron chi connectivity index (χ2n) is 8.42. The average Bonchev–Trinajstić information content (AvgIpc) is 2.81. The summed E-state index contributed by atoms with van der Waals surface area (Å²) in [5.74, 6) is 0.830. The molecule has 2 heterocycles. The van der Waals surface area contributed by atoms with E-state index in [0.717, 1.165) is 58.4 Å². The molecule has 2 aliphatic heterocycles. The molecule has 0 radical (unpaired) electrons. The SMILES string of the molecule is CN=C(NCc1ccc2c(c1)CCCN2C)NCc1ccccc1CN1CCOCC1. The summed E-state index contributed by atoms with van der Waals surface area (Å²) in [6.07, 6.45) is 2.40. The lowest BCUT2D eigenvalue weighted by Crippen LogP contribution is -2.37. The molecule has 166 valence electrons. The van der Waals surface area contributed by atoms with Crippen molar-refractivity contribution in [1.82, 2.24) is 15.5 Å². The number of ether oxygens (including phenoxy) is 1. The third-order valence-electron chi connectivity index (χ3n) is 6.24. The van der Waals surface area contributed by atoms with Gasteiger partial charge in [-0.25, -0.2) is 0 Å². The maximum absolute atomic E-state index is 5.48. The van der Waals surface area contributed by atoms with Crippen LogP contribution >= 0.6 is 0 Å². The maximum atomic E-state index is 5.48. The fourth-order valence-electron chi connectivity index (χ4n) is 4.42. The van der Waals surface area contributed by atoms with Crippen LogP contribution in [-0.4, -0.2) is 57.8 Å². The number of fused-ring (bicyclic) bond motifs is 1. The number of guanidine groups is 1. The first-order valence-corrected chi connectivity index (χ1v) is 11.4. The number of nitrogens with zero attached hydrogens (tertiary/aromatic N) is 3. The highest BCUT2D eigenvalue weighted by Crippen LogP contribution is 2.26. The van der Waals surface area contributed by atoms with Crippen molar-refractivity contribution in [3.8, 4) is 0 Å². The second kappa shape index (κ2) is 10.6. The standard InChI is InChI=1S/C25H35N5O/c1-26-25(27-17-20-9-10-24-21(16-20)8-5-11-29(24)2)28-18-22-6-3-4-7-23(22)19-30-12-14-31-15-13-30/h3-4,6-7,9-10,16H,5,8,11-15,17-19H2,1-2H3,(H2,26,27,28). The van der Waals surface area contributed by atoms with Crippen LogP contribution in [0.15, 0.2) is 47.5 Å². The van der Waals surface area contributed by atoms with Gasteiger partial charge < -0.3 is 20.3 Å². The van der Waals surface area contributed by atoms with E-state index < -0.39 is 0 Å². The van der Waals surface area contributed by atoms with Gasteiger partial charge in [0.15, 0.2) is 5.96 Å². The number of aliphatic imine (C=N–C) groups is 1. The average molecular weight is 422 g/mol. The molecule has 0 atom stereocenters. The van der Waals surface area contributed by atoms with Gasteiger partial charge in [-0.1, -0.05) is 36.4 Å². The van der Waals surface area contributed by atoms with Crippen LogP contribution in [0.1, 0.15) is 28.7 Å². The van der Waals surface area contributed by atoms with Crippen molar-refractivity contribution in [3.63, 3.8) is 0 Å². The molecular weight excluding hydrogens is 386 g/mol. The molecule has 1 saturated heterocycles. The molecular formula is C25H35N5O. The molecule has 4 rings (SSSR count). The summed E-state index contributed by atoms with van der Waals surface area (Å²) < 4.78 is 5.48. The Morgan fingerprint density at radius 3 is 2.58 bits per heavy atom. The summed E-state index contributed by atoms with van der Waals surface area (Å²) in [5.41, 5.74) is 6.80. The molecule has 6 heteroatoms. The number of hydrogen-bond acceptors (Lipinski definition) is 4. The van der Waals surface area contributed by atoms with Crippen LogP contribution in [0.5, 0.6) is 0 Å². The first kappa shape index (κ1) is 21.7. The van der Waals surface area contributed by atoms with Crippen molar-refractivity contribution in [2.45, 2.75) is 32.5 Å². The summed E-state index contributed by atoms with van der Waals surface area (Å²) in [6, 6.07) is 15.5. The number of benzene rings is 2. The molecule has 0 spiro atoms. The molecule has 0 aromatic heterocycles. The second-order valence-corrected chi connectivity index (χ2v) is 8.42. The van der Waals surface area contributed by atoms with Gasteiger partial charge in [0.05, 0.1) is 13.2 Å². The van der Waals surface area contributed by atoms with Crippen molar-refractivity contribution < 1.29 is 4.74 Å². The van der Waals surface area contributed by atoms with Crippen molar-refractivity contribution in [3.05, 3.63) is 64.7 Å². The van der Waals surface area contributed by atoms with E-state index in [0.29, 0.717) is 0 Å². The molecule has 2 aromatic carbocycles. The van der Waals surface area contributed by atoms with E-state index in [1.54, 1.807) is 0 Å². The fourth-order valence-corrected chi connectivity index (χ4v) is 4.42. The number of rotatable bonds is 6. The minimum atomic E-state index is 0.759. The van der Waals surface area contributed by atoms with E-state index in [9.17, 15) is 0 Å². The summed E-state index contributed by atoms with van der Waals surface area (Å²) in [7, 11) is 4.01. The largest absolute Gasteiger partial charge is 0.379 e. The summed E-state index contributed by atoms with van der Waals surface area (Å²) >= 11 is 0. The van der Waals surface area contributed by atoms with Crippen LogP contribution in [0.4, 0.5) is 5.69 Å². The number of nitrogens with one attached hydrogen (secondary N) is 2. The van der Waals surface area contributed by atoms with Crippen LogP contribution in [0.2, 0.25) is 0 Å². The molecule has 0 bridgehead atoms. The fraction of sp³-hybridized carbons (Fsp3) is 0.480. The summed E-state index contributed by atoms with van der Waals surface area (Å²) in [6.45, 7) is 7.31. The van der Waals surface area contributed by atoms with Gasteiger partial charge in [0.2, 0.25) is 0 Å². The molecule has 0 aliphatic carbocycles. The zero-order valence-electron chi connectivity index (χ0n) is 18.9. The van der Waals surface area contributed by atoms with E-state index in [4.69, 9.17) is 4.74 Å². The molecule has 2 aliphatic rings. The third-order valence-corrected chi connectivity index (χ3v) is 6.24. The van der Waals surface area contributed by atoms with Gasteiger partial charge >= 0.3 is 0 Å². The highest BCUT2D eigenvalue weighted by Gasteiger charge is 2.14. The summed E-state index contributed by atoms with van der Waals surface area (Å²) in [4.78, 5) is 9.24. The zero-order valence-corrected chi connectivity index (χ0v) is 18.9. The predicted molar refractivity (Wildman–Crippen MR) is 128 cm³/mol. The molecule has 2 aromatic rings. The maximum Gasteiger partial charge on any atom is 0.191 e. The first-order valence-electron chi connectivity index (χ1n) is 11.4. The Labute approximate surface area is 186 Å². The Hall–Kier alpha value is -2.57. The number of aryl methyl sites for hydroxylation is 1. The lowest BCUT2D eigenvalue weighted by molar-refractivity contribution is 0.0341. The highest BCUT2D eigenvalue weighted by atomic mass is 16.5. The Kier molecular flexibility index (Phi) is 7.43. The van der Waals surface area contributed by atoms with Gasteiger partial charge in [-0.15, -0.1) is 0 Å². The van der Waals surface area contributed by atoms with Crippen LogP contribution in [0.25, 0.3) is 0 Å². The Morgan fingerprint density at radius 1 is 1.00 bits per heavy atom. The van der Waals surface area contributed by atoms with E-state index in [1.165, 1.54) is 40.8 Å². The predicted octanol–water partition coefficient (Wildman–Crippen LogP) is 2.77. The van der Waals surface area contributed by atoms with Gasteiger partial charge in [-0.05, 0) is 41.2 Å². The van der Waals surface area contributed by atoms with Gasteiger partial charge in [-0.2, -0.15) is 0 Å². The van der Waals surface area contributed by atoms with Gasteiger partial charge in [-0.3, -0.25) is 9.89 Å². The summed E-state index contributed by atoms with van der Waals surface area (Å²) in [5, 5.41) is 6.96. The lowest BCUT2D eigenvalue weighted by atomic mass is 9.99. The quantitative estimate of drug-likeness (QED) is 0.555. The van der Waals surface area contributed by atoms with E-state index in [2.05, 4.69) is 74.9 Å². The first-order chi connectivity index (χ1) is 15.2. The molecule has 0 amide bonds. The van der Waals surface area contributed by atoms with Crippen molar-refractivity contribution in [2.24, 2.45) is 4.99 Å². The Bertz CT molecular complexity index is 891. The monoisotopic (exact) mass is 421 g/mol. The van der Waals surface area contributed by atoms with E-state index in [-0.39, 0.29) is 0 Å². The Balaban J connectivity index is 1.32. The van der Waals surface area contributed by atoms with Crippen molar-refractivity contribution in [1.29, 1.82) is 0 Å². The minimum Gasteiger partial charge on any atom is -0.379 e. The smallest absolute Gasteiger partial charge is 0.191 e. The minimum absolute atomic E-state index is 0.759. The van der Waals surface area contributed by atoms with Crippen LogP contribution in [0.3, 0.4) is 0 Å². The zero-order chi connectivity index (χ0) is 21.5. The molecule has 1 fully saturated rings. The molecule has 6 nitrogen and oxygen atoms in total. The lowest BCUT2D eigenvalue weighted by Gasteiger charge is -2.28. The topological polar surface area (TPSA) is 52.1 Å². The molecule has 0 unspecified atom stereocenters. The van der Waals surface area contributed by atoms with Crippen LogP contribution in [-0.2, 0) is 30.8 Å². The van der Waals surface area contributed by atoms with Gasteiger partial charge in [0.1, 0.15) is 0 Å². The van der Waals surface area contributed by atoms with Crippen LogP contribution < -0.4 is 15.5 Å².